The molecule has 4 rings (SSSR count). The van der Waals surface area contributed by atoms with Crippen molar-refractivity contribution in [1.82, 2.24) is 5.32 Å². The molecule has 0 aromatic heterocycles. The standard InChI is InChI=1S/C23H30FNO2/c1-23-12-11-16-15-6-4-7-19(24)17(15)9-10-18(16)22(23)14(13-20(23)26)5-3-8-21(27)25-2/h4,6-7,14,16,18,22H,3,5,8-13H2,1-2H3,(H,25,27)/t14-,16?,18?,22?,23-/m1/s1. The molecule has 3 unspecified atom stereocenters. The SMILES string of the molecule is CNC(=O)CCC[C@@H]1CC(=O)[C@@]2(C)CCC3c4cccc(F)c4CCC3C12. The first-order chi connectivity index (χ1) is 13.0. The Morgan fingerprint density at radius 3 is 2.93 bits per heavy atom. The number of nitrogens with one attached hydrogen (secondary N) is 1. The Labute approximate surface area is 161 Å². The first-order valence-electron chi connectivity index (χ1n) is 10.5. The number of Topliss-reactive ketones (excluding diaryl/α,β-unsaturated/α-hetero) is 1. The van der Waals surface area contributed by atoms with Crippen LogP contribution >= 0.6 is 0 Å². The van der Waals surface area contributed by atoms with E-state index in [0.717, 1.165) is 44.1 Å². The summed E-state index contributed by atoms with van der Waals surface area (Å²) in [5.41, 5.74) is 1.88. The van der Waals surface area contributed by atoms with Crippen LogP contribution in [0.15, 0.2) is 18.2 Å². The summed E-state index contributed by atoms with van der Waals surface area (Å²) < 4.78 is 14.3. The minimum Gasteiger partial charge on any atom is -0.359 e. The first-order valence-corrected chi connectivity index (χ1v) is 10.5. The van der Waals surface area contributed by atoms with Gasteiger partial charge in [-0.05, 0) is 79.4 Å². The van der Waals surface area contributed by atoms with E-state index in [2.05, 4.69) is 18.3 Å². The zero-order valence-corrected chi connectivity index (χ0v) is 16.4. The van der Waals surface area contributed by atoms with Crippen molar-refractivity contribution in [2.24, 2.45) is 23.2 Å². The number of benzene rings is 1. The van der Waals surface area contributed by atoms with Gasteiger partial charge in [-0.25, -0.2) is 4.39 Å². The summed E-state index contributed by atoms with van der Waals surface area (Å²) in [7, 11) is 1.67. The molecule has 3 aliphatic carbocycles. The van der Waals surface area contributed by atoms with Crippen molar-refractivity contribution in [1.29, 1.82) is 0 Å². The first kappa shape index (κ1) is 18.6. The highest BCUT2D eigenvalue weighted by Gasteiger charge is 2.58. The van der Waals surface area contributed by atoms with E-state index < -0.39 is 0 Å². The van der Waals surface area contributed by atoms with Crippen molar-refractivity contribution in [3.8, 4) is 0 Å². The van der Waals surface area contributed by atoms with Crippen LogP contribution in [0, 0.1) is 29.0 Å². The maximum absolute atomic E-state index is 14.3. The van der Waals surface area contributed by atoms with Crippen LogP contribution in [0.5, 0.6) is 0 Å². The minimum atomic E-state index is -0.219. The summed E-state index contributed by atoms with van der Waals surface area (Å²) in [5, 5.41) is 2.68. The Morgan fingerprint density at radius 2 is 2.15 bits per heavy atom. The Hall–Kier alpha value is -1.71. The summed E-state index contributed by atoms with van der Waals surface area (Å²) in [6, 6.07) is 5.52. The second-order valence-corrected chi connectivity index (χ2v) is 9.05. The lowest BCUT2D eigenvalue weighted by Crippen LogP contribution is -2.44. The fourth-order valence-corrected chi connectivity index (χ4v) is 6.55. The van der Waals surface area contributed by atoms with E-state index in [1.807, 2.05) is 6.07 Å². The van der Waals surface area contributed by atoms with Gasteiger partial charge in [0, 0.05) is 25.3 Å². The van der Waals surface area contributed by atoms with E-state index in [1.54, 1.807) is 13.1 Å². The van der Waals surface area contributed by atoms with E-state index in [-0.39, 0.29) is 17.1 Å². The average molecular weight is 371 g/mol. The Kier molecular flexibility index (Phi) is 4.85. The van der Waals surface area contributed by atoms with Crippen molar-refractivity contribution in [2.75, 3.05) is 7.05 Å². The van der Waals surface area contributed by atoms with E-state index >= 15 is 0 Å². The van der Waals surface area contributed by atoms with E-state index in [0.29, 0.717) is 42.3 Å². The lowest BCUT2D eigenvalue weighted by Gasteiger charge is -2.50. The largest absolute Gasteiger partial charge is 0.359 e. The second kappa shape index (κ2) is 7.03. The van der Waals surface area contributed by atoms with E-state index in [1.165, 1.54) is 5.56 Å². The monoisotopic (exact) mass is 371 g/mol. The molecule has 2 fully saturated rings. The van der Waals surface area contributed by atoms with Gasteiger partial charge in [-0.2, -0.15) is 0 Å². The summed E-state index contributed by atoms with van der Waals surface area (Å²) in [5.74, 6) is 2.03. The quantitative estimate of drug-likeness (QED) is 0.853. The maximum atomic E-state index is 14.3. The van der Waals surface area contributed by atoms with Crippen molar-refractivity contribution in [3.05, 3.63) is 35.1 Å². The molecule has 2 saturated carbocycles. The number of hydrogen-bond donors (Lipinski definition) is 1. The Balaban J connectivity index is 1.59. The molecule has 3 nitrogen and oxygen atoms in total. The van der Waals surface area contributed by atoms with Crippen LogP contribution in [0.2, 0.25) is 0 Å². The summed E-state index contributed by atoms with van der Waals surface area (Å²) in [6.45, 7) is 2.18. The smallest absolute Gasteiger partial charge is 0.219 e. The number of hydrogen-bond acceptors (Lipinski definition) is 2. The number of carbonyl (C=O) groups is 2. The van der Waals surface area contributed by atoms with Gasteiger partial charge >= 0.3 is 0 Å². The van der Waals surface area contributed by atoms with Crippen LogP contribution in [-0.4, -0.2) is 18.7 Å². The average Bonchev–Trinajstić information content (AvgIpc) is 2.92. The third-order valence-corrected chi connectivity index (χ3v) is 7.82. The molecule has 0 heterocycles. The topological polar surface area (TPSA) is 46.2 Å². The molecule has 1 aromatic rings. The Morgan fingerprint density at radius 1 is 1.33 bits per heavy atom. The number of rotatable bonds is 4. The highest BCUT2D eigenvalue weighted by Crippen LogP contribution is 2.62. The van der Waals surface area contributed by atoms with Crippen LogP contribution < -0.4 is 5.32 Å². The lowest BCUT2D eigenvalue weighted by molar-refractivity contribution is -0.129. The molecule has 0 bridgehead atoms. The van der Waals surface area contributed by atoms with Gasteiger partial charge in [-0.15, -0.1) is 0 Å². The van der Waals surface area contributed by atoms with Crippen molar-refractivity contribution < 1.29 is 14.0 Å². The van der Waals surface area contributed by atoms with Gasteiger partial charge in [0.1, 0.15) is 11.6 Å². The van der Waals surface area contributed by atoms with E-state index in [4.69, 9.17) is 0 Å². The normalized spacial score (nSPS) is 34.6. The number of halogens is 1. The zero-order chi connectivity index (χ0) is 19.2. The molecule has 146 valence electrons. The van der Waals surface area contributed by atoms with Crippen LogP contribution in [0.1, 0.15) is 68.9 Å². The zero-order valence-electron chi connectivity index (χ0n) is 16.4. The van der Waals surface area contributed by atoms with Gasteiger partial charge in [0.25, 0.3) is 0 Å². The Bertz CT molecular complexity index is 761. The molecule has 0 spiro atoms. The molecular weight excluding hydrogens is 341 g/mol. The molecule has 0 aliphatic heterocycles. The molecule has 0 radical (unpaired) electrons. The molecule has 0 saturated heterocycles. The molecule has 1 amide bonds. The number of fused-ring (bicyclic) bond motifs is 5. The fraction of sp³-hybridized carbons (Fsp3) is 0.652. The summed E-state index contributed by atoms with van der Waals surface area (Å²) >= 11 is 0. The summed E-state index contributed by atoms with van der Waals surface area (Å²) in [4.78, 5) is 24.5. The van der Waals surface area contributed by atoms with Crippen molar-refractivity contribution in [2.45, 2.75) is 64.2 Å². The molecule has 1 N–H and O–H groups in total. The van der Waals surface area contributed by atoms with E-state index in [9.17, 15) is 14.0 Å². The van der Waals surface area contributed by atoms with Gasteiger partial charge in [-0.3, -0.25) is 9.59 Å². The highest BCUT2D eigenvalue weighted by molar-refractivity contribution is 5.87. The molecule has 4 heteroatoms. The molecule has 1 aromatic carbocycles. The van der Waals surface area contributed by atoms with Crippen LogP contribution in [-0.2, 0) is 16.0 Å². The number of amides is 1. The van der Waals surface area contributed by atoms with Crippen molar-refractivity contribution in [3.63, 3.8) is 0 Å². The summed E-state index contributed by atoms with van der Waals surface area (Å²) in [6.07, 6.45) is 6.66. The predicted octanol–water partition coefficient (Wildman–Crippen LogP) is 4.39. The lowest BCUT2D eigenvalue weighted by atomic mass is 9.54. The maximum Gasteiger partial charge on any atom is 0.219 e. The predicted molar refractivity (Wildman–Crippen MR) is 103 cm³/mol. The second-order valence-electron chi connectivity index (χ2n) is 9.05. The fourth-order valence-electron chi connectivity index (χ4n) is 6.55. The third-order valence-electron chi connectivity index (χ3n) is 7.82. The molecule has 3 aliphatic rings. The van der Waals surface area contributed by atoms with Gasteiger partial charge < -0.3 is 5.32 Å². The van der Waals surface area contributed by atoms with Gasteiger partial charge in [0.2, 0.25) is 5.91 Å². The molecule has 27 heavy (non-hydrogen) atoms. The number of ketones is 1. The highest BCUT2D eigenvalue weighted by atomic mass is 19.1. The number of carbonyl (C=O) groups excluding carboxylic acids is 2. The third kappa shape index (κ3) is 3.01. The van der Waals surface area contributed by atoms with Gasteiger partial charge in [0.05, 0.1) is 0 Å². The van der Waals surface area contributed by atoms with Crippen LogP contribution in [0.3, 0.4) is 0 Å². The molecular formula is C23H30FNO2. The van der Waals surface area contributed by atoms with Crippen LogP contribution in [0.25, 0.3) is 0 Å². The van der Waals surface area contributed by atoms with Crippen molar-refractivity contribution >= 4 is 11.7 Å². The minimum absolute atomic E-state index is 0.0658. The molecule has 5 atom stereocenters. The van der Waals surface area contributed by atoms with Gasteiger partial charge in [-0.1, -0.05) is 19.1 Å². The van der Waals surface area contributed by atoms with Crippen LogP contribution in [0.4, 0.5) is 4.39 Å². The van der Waals surface area contributed by atoms with Gasteiger partial charge in [0.15, 0.2) is 0 Å².